The first-order chi connectivity index (χ1) is 11.5. The summed E-state index contributed by atoms with van der Waals surface area (Å²) in [5, 5.41) is 0. The van der Waals surface area contributed by atoms with Gasteiger partial charge in [0.2, 0.25) is 0 Å². The molecule has 1 aromatic rings. The van der Waals surface area contributed by atoms with E-state index in [4.69, 9.17) is 9.47 Å². The van der Waals surface area contributed by atoms with Crippen LogP contribution in [0.4, 0.5) is 0 Å². The summed E-state index contributed by atoms with van der Waals surface area (Å²) in [6.45, 7) is 3.88. The highest BCUT2D eigenvalue weighted by atomic mass is 16.8. The standard InChI is InChI=1S/C21H24O3/c1-20(2)23-17-11-16-14-8-9-15(10-14)18(16)19(22)21(17,24-20)12-13-6-4-3-5-7-13/h3-9,14-18H,10-12H2,1-2H3/t14-,15+,16-,17+,18-,21+/m1/s1. The van der Waals surface area contributed by atoms with Crippen LogP contribution in [0.2, 0.25) is 0 Å². The van der Waals surface area contributed by atoms with Crippen LogP contribution < -0.4 is 0 Å². The fraction of sp³-hybridized carbons (Fsp3) is 0.571. The minimum Gasteiger partial charge on any atom is -0.344 e. The van der Waals surface area contributed by atoms with E-state index in [1.807, 2.05) is 32.0 Å². The van der Waals surface area contributed by atoms with Crippen molar-refractivity contribution in [2.75, 3.05) is 0 Å². The third-order valence-corrected chi connectivity index (χ3v) is 6.51. The highest BCUT2D eigenvalue weighted by molar-refractivity contribution is 5.93. The molecule has 6 atom stereocenters. The maximum absolute atomic E-state index is 13.7. The number of allylic oxidation sites excluding steroid dienone is 2. The van der Waals surface area contributed by atoms with Gasteiger partial charge in [-0.25, -0.2) is 0 Å². The largest absolute Gasteiger partial charge is 0.344 e. The number of carbonyl (C=O) groups excluding carboxylic acids is 1. The van der Waals surface area contributed by atoms with E-state index in [0.717, 1.165) is 18.4 Å². The van der Waals surface area contributed by atoms with Crippen molar-refractivity contribution in [2.45, 2.75) is 50.6 Å². The lowest BCUT2D eigenvalue weighted by Gasteiger charge is -2.43. The van der Waals surface area contributed by atoms with Gasteiger partial charge >= 0.3 is 0 Å². The summed E-state index contributed by atoms with van der Waals surface area (Å²) in [6, 6.07) is 10.2. The summed E-state index contributed by atoms with van der Waals surface area (Å²) >= 11 is 0. The number of ether oxygens (including phenoxy) is 2. The highest BCUT2D eigenvalue weighted by Gasteiger charge is 2.66. The fourth-order valence-electron chi connectivity index (χ4n) is 5.71. The van der Waals surface area contributed by atoms with E-state index in [1.54, 1.807) is 0 Å². The molecule has 1 saturated heterocycles. The zero-order valence-corrected chi connectivity index (χ0v) is 14.3. The highest BCUT2D eigenvalue weighted by Crippen LogP contribution is 2.58. The Kier molecular flexibility index (Phi) is 2.97. The maximum atomic E-state index is 13.7. The predicted octanol–water partition coefficient (Wildman–Crippen LogP) is 3.53. The van der Waals surface area contributed by atoms with Gasteiger partial charge in [-0.15, -0.1) is 0 Å². The van der Waals surface area contributed by atoms with Crippen molar-refractivity contribution in [1.82, 2.24) is 0 Å². The molecule has 0 unspecified atom stereocenters. The molecule has 3 heteroatoms. The Morgan fingerprint density at radius 3 is 2.62 bits per heavy atom. The molecule has 1 aromatic carbocycles. The van der Waals surface area contributed by atoms with Crippen LogP contribution in [-0.4, -0.2) is 23.3 Å². The van der Waals surface area contributed by atoms with E-state index < -0.39 is 11.4 Å². The third kappa shape index (κ3) is 1.94. The van der Waals surface area contributed by atoms with Gasteiger partial charge in [0.05, 0.1) is 6.10 Å². The van der Waals surface area contributed by atoms with Crippen LogP contribution in [0.3, 0.4) is 0 Å². The van der Waals surface area contributed by atoms with Gasteiger partial charge in [0.15, 0.2) is 17.2 Å². The third-order valence-electron chi connectivity index (χ3n) is 6.51. The Labute approximate surface area is 143 Å². The van der Waals surface area contributed by atoms with Crippen LogP contribution in [0.25, 0.3) is 0 Å². The number of Topliss-reactive ketones (excluding diaryl/α,β-unsaturated/α-hetero) is 1. The molecular formula is C21H24O3. The Hall–Kier alpha value is -1.45. The number of carbonyl (C=O) groups is 1. The van der Waals surface area contributed by atoms with Crippen LogP contribution in [0.5, 0.6) is 0 Å². The van der Waals surface area contributed by atoms with Crippen LogP contribution in [-0.2, 0) is 20.7 Å². The Morgan fingerprint density at radius 1 is 1.08 bits per heavy atom. The summed E-state index contributed by atoms with van der Waals surface area (Å²) in [4.78, 5) is 13.7. The second-order valence-electron chi connectivity index (χ2n) is 8.40. The van der Waals surface area contributed by atoms with Gasteiger partial charge in [0.25, 0.3) is 0 Å². The minimum absolute atomic E-state index is 0.123. The van der Waals surface area contributed by atoms with E-state index in [-0.39, 0.29) is 17.8 Å². The lowest BCUT2D eigenvalue weighted by Crippen LogP contribution is -2.59. The molecular weight excluding hydrogens is 300 g/mol. The molecule has 2 saturated carbocycles. The topological polar surface area (TPSA) is 35.5 Å². The molecule has 3 aliphatic carbocycles. The second-order valence-corrected chi connectivity index (χ2v) is 8.40. The Bertz CT molecular complexity index is 707. The number of ketones is 1. The molecule has 4 aliphatic rings. The van der Waals surface area contributed by atoms with Crippen molar-refractivity contribution in [3.8, 4) is 0 Å². The average molecular weight is 324 g/mol. The smallest absolute Gasteiger partial charge is 0.171 e. The van der Waals surface area contributed by atoms with E-state index in [1.165, 1.54) is 0 Å². The van der Waals surface area contributed by atoms with E-state index >= 15 is 0 Å². The molecule has 3 fully saturated rings. The van der Waals surface area contributed by atoms with Gasteiger partial charge < -0.3 is 9.47 Å². The SMILES string of the molecule is CC1(C)O[C@H]2C[C@H]3[C@H](C(=O)[C@@]2(Cc2ccccc2)O1)[C@H]1C=C[C@@H]3C1. The molecule has 0 amide bonds. The molecule has 2 bridgehead atoms. The number of rotatable bonds is 2. The van der Waals surface area contributed by atoms with Crippen molar-refractivity contribution in [3.05, 3.63) is 48.0 Å². The first-order valence-electron chi connectivity index (χ1n) is 9.13. The lowest BCUT2D eigenvalue weighted by molar-refractivity contribution is -0.175. The maximum Gasteiger partial charge on any atom is 0.171 e. The number of hydrogen-bond acceptors (Lipinski definition) is 3. The molecule has 24 heavy (non-hydrogen) atoms. The first-order valence-corrected chi connectivity index (χ1v) is 9.13. The molecule has 5 rings (SSSR count). The average Bonchev–Trinajstić information content (AvgIpc) is 3.20. The van der Waals surface area contributed by atoms with Crippen molar-refractivity contribution in [1.29, 1.82) is 0 Å². The van der Waals surface area contributed by atoms with Gasteiger partial charge in [0, 0.05) is 12.3 Å². The van der Waals surface area contributed by atoms with Gasteiger partial charge in [-0.1, -0.05) is 42.5 Å². The Balaban J connectivity index is 1.56. The zero-order valence-electron chi connectivity index (χ0n) is 14.3. The molecule has 0 aromatic heterocycles. The Morgan fingerprint density at radius 2 is 1.83 bits per heavy atom. The molecule has 0 spiro atoms. The van der Waals surface area contributed by atoms with Crippen molar-refractivity contribution in [2.24, 2.45) is 23.7 Å². The summed E-state index contributed by atoms with van der Waals surface area (Å²) in [5.41, 5.74) is 0.332. The van der Waals surface area contributed by atoms with E-state index in [0.29, 0.717) is 24.2 Å². The molecule has 1 aliphatic heterocycles. The first kappa shape index (κ1) is 14.9. The van der Waals surface area contributed by atoms with Gasteiger partial charge in [-0.05, 0) is 50.0 Å². The monoisotopic (exact) mass is 324 g/mol. The fourth-order valence-corrected chi connectivity index (χ4v) is 5.71. The summed E-state index contributed by atoms with van der Waals surface area (Å²) in [5.74, 6) is 1.13. The summed E-state index contributed by atoms with van der Waals surface area (Å²) in [6.07, 6.45) is 7.15. The van der Waals surface area contributed by atoms with Crippen molar-refractivity contribution >= 4 is 5.78 Å². The van der Waals surface area contributed by atoms with Gasteiger partial charge in [0.1, 0.15) is 0 Å². The quantitative estimate of drug-likeness (QED) is 0.781. The zero-order chi connectivity index (χ0) is 16.5. The van der Waals surface area contributed by atoms with Gasteiger partial charge in [-0.2, -0.15) is 0 Å². The van der Waals surface area contributed by atoms with Crippen LogP contribution >= 0.6 is 0 Å². The summed E-state index contributed by atoms with van der Waals surface area (Å²) in [7, 11) is 0. The van der Waals surface area contributed by atoms with Crippen LogP contribution in [0, 0.1) is 23.7 Å². The molecule has 0 N–H and O–H groups in total. The minimum atomic E-state index is -0.815. The molecule has 0 radical (unpaired) electrons. The lowest BCUT2D eigenvalue weighted by atomic mass is 9.64. The van der Waals surface area contributed by atoms with Crippen molar-refractivity contribution in [3.63, 3.8) is 0 Å². The van der Waals surface area contributed by atoms with E-state index in [9.17, 15) is 4.79 Å². The number of benzene rings is 1. The number of hydrogen-bond donors (Lipinski definition) is 0. The molecule has 1 heterocycles. The van der Waals surface area contributed by atoms with Gasteiger partial charge in [-0.3, -0.25) is 4.79 Å². The second kappa shape index (κ2) is 4.80. The molecule has 126 valence electrons. The van der Waals surface area contributed by atoms with Crippen LogP contribution in [0.15, 0.2) is 42.5 Å². The number of fused-ring (bicyclic) bond motifs is 6. The normalized spacial score (nSPS) is 44.6. The predicted molar refractivity (Wildman–Crippen MR) is 90.3 cm³/mol. The van der Waals surface area contributed by atoms with Crippen molar-refractivity contribution < 1.29 is 14.3 Å². The summed E-state index contributed by atoms with van der Waals surface area (Å²) < 4.78 is 12.6. The molecule has 3 nitrogen and oxygen atoms in total. The van der Waals surface area contributed by atoms with E-state index in [2.05, 4.69) is 24.3 Å². The van der Waals surface area contributed by atoms with Crippen LogP contribution in [0.1, 0.15) is 32.3 Å².